The molecule has 30 heavy (non-hydrogen) atoms. The molecule has 0 N–H and O–H groups in total. The first-order valence-corrected chi connectivity index (χ1v) is 12.5. The zero-order chi connectivity index (χ0) is 19.3. The number of fused-ring (bicyclic) bond motifs is 2. The smallest absolute Gasteiger partial charge is 0.582 e. The van der Waals surface area contributed by atoms with Crippen molar-refractivity contribution in [2.24, 2.45) is 0 Å². The second kappa shape index (κ2) is 8.70. The Bertz CT molecular complexity index is 758. The van der Waals surface area contributed by atoms with Crippen LogP contribution in [0.25, 0.3) is 0 Å². The Hall–Kier alpha value is -0.670. The molecule has 4 atom stereocenters. The molecule has 2 aromatic carbocycles. The first-order valence-electron chi connectivity index (χ1n) is 10.6. The van der Waals surface area contributed by atoms with Crippen LogP contribution in [0.5, 0.6) is 0 Å². The van der Waals surface area contributed by atoms with Crippen LogP contribution < -0.4 is 18.9 Å². The standard InChI is InChI=1S/2C11H13NO2.Al.Li/c2*13-10-7-12(8-11(10)14)6-9-4-2-1-3-5-9;;/h2*1-5,10-11H,6-8H2;;/q2*-2;+3;+1/t2*10-,11-;;/m00../s1. The zero-order valence-electron chi connectivity index (χ0n) is 17.4. The maximum Gasteiger partial charge on any atom is 1.00 e. The van der Waals surface area contributed by atoms with Crippen molar-refractivity contribution in [3.63, 3.8) is 0 Å². The fourth-order valence-corrected chi connectivity index (χ4v) is 8.29. The van der Waals surface area contributed by atoms with Crippen molar-refractivity contribution in [2.75, 3.05) is 26.2 Å². The van der Waals surface area contributed by atoms with Crippen LogP contribution in [0.2, 0.25) is 0 Å². The van der Waals surface area contributed by atoms with Crippen molar-refractivity contribution >= 4 is 14.4 Å². The molecule has 0 aromatic heterocycles. The van der Waals surface area contributed by atoms with Crippen LogP contribution in [0.4, 0.5) is 0 Å². The molecule has 6 rings (SSSR count). The van der Waals surface area contributed by atoms with E-state index in [2.05, 4.69) is 70.5 Å². The molecule has 1 spiro atoms. The van der Waals surface area contributed by atoms with E-state index < -0.39 is 14.4 Å². The fourth-order valence-electron chi connectivity index (χ4n) is 5.15. The van der Waals surface area contributed by atoms with Gasteiger partial charge in [-0.3, -0.25) is 9.80 Å². The van der Waals surface area contributed by atoms with E-state index in [0.29, 0.717) is 0 Å². The Balaban J connectivity index is 0.00000193. The van der Waals surface area contributed by atoms with Gasteiger partial charge in [0.2, 0.25) is 0 Å². The predicted molar refractivity (Wildman–Crippen MR) is 109 cm³/mol. The Labute approximate surface area is 193 Å². The van der Waals surface area contributed by atoms with Gasteiger partial charge in [0, 0.05) is 63.7 Å². The molecule has 4 aliphatic rings. The van der Waals surface area contributed by atoms with Crippen LogP contribution in [-0.4, -0.2) is 74.8 Å². The number of hydrogen-bond acceptors (Lipinski definition) is 6. The molecule has 0 aliphatic carbocycles. The maximum absolute atomic E-state index is 6.33. The third kappa shape index (κ3) is 4.18. The molecule has 2 aromatic rings. The summed E-state index contributed by atoms with van der Waals surface area (Å²) in [5.74, 6) is 0. The summed E-state index contributed by atoms with van der Waals surface area (Å²) in [4.78, 5) is 4.79. The van der Waals surface area contributed by atoms with Gasteiger partial charge in [-0.1, -0.05) is 60.7 Å². The van der Waals surface area contributed by atoms with Gasteiger partial charge in [-0.2, -0.15) is 0 Å². The van der Waals surface area contributed by atoms with E-state index in [4.69, 9.17) is 15.2 Å². The second-order valence-electron chi connectivity index (χ2n) is 8.63. The largest absolute Gasteiger partial charge is 1.00 e. The average molecular weight is 416 g/mol. The van der Waals surface area contributed by atoms with E-state index in [0.717, 1.165) is 39.3 Å². The van der Waals surface area contributed by atoms with E-state index >= 15 is 0 Å². The molecule has 4 saturated heterocycles. The zero-order valence-corrected chi connectivity index (χ0v) is 18.6. The summed E-state index contributed by atoms with van der Waals surface area (Å²) in [6.45, 7) is 5.37. The third-order valence-electron chi connectivity index (χ3n) is 6.45. The maximum atomic E-state index is 6.33. The second-order valence-corrected chi connectivity index (χ2v) is 10.9. The van der Waals surface area contributed by atoms with Gasteiger partial charge < -0.3 is 15.2 Å². The van der Waals surface area contributed by atoms with Crippen molar-refractivity contribution in [3.8, 4) is 0 Å². The summed E-state index contributed by atoms with van der Waals surface area (Å²) >= 11 is -3.29. The number of likely N-dealkylation sites (tertiary alicyclic amines) is 2. The van der Waals surface area contributed by atoms with Crippen LogP contribution >= 0.6 is 0 Å². The molecule has 8 heteroatoms. The first kappa shape index (κ1) is 21.2. The van der Waals surface area contributed by atoms with Gasteiger partial charge in [-0.15, -0.1) is 0 Å². The van der Waals surface area contributed by atoms with E-state index in [1.807, 2.05) is 0 Å². The molecule has 0 unspecified atom stereocenters. The molecule has 0 amide bonds. The first-order chi connectivity index (χ1) is 14.2. The normalized spacial score (nSPS) is 32.3. The number of benzene rings is 2. The van der Waals surface area contributed by atoms with Crippen LogP contribution in [0, 0.1) is 0 Å². The van der Waals surface area contributed by atoms with E-state index in [-0.39, 0.29) is 43.3 Å². The molecule has 4 heterocycles. The molecule has 0 saturated carbocycles. The Morgan fingerprint density at radius 3 is 1.27 bits per heavy atom. The molecule has 4 aliphatic heterocycles. The molecule has 0 bridgehead atoms. The van der Waals surface area contributed by atoms with Crippen LogP contribution in [0.15, 0.2) is 60.7 Å². The minimum absolute atomic E-state index is 0. The minimum Gasteiger partial charge on any atom is -0.582 e. The molecule has 6 nitrogen and oxygen atoms in total. The van der Waals surface area contributed by atoms with E-state index in [1.165, 1.54) is 11.1 Å². The molecule has 152 valence electrons. The summed E-state index contributed by atoms with van der Waals surface area (Å²) in [7, 11) is 0. The Morgan fingerprint density at radius 2 is 0.933 bits per heavy atom. The Morgan fingerprint density at radius 1 is 0.600 bits per heavy atom. The predicted octanol–water partition coefficient (Wildman–Crippen LogP) is -0.974. The van der Waals surface area contributed by atoms with Crippen molar-refractivity contribution in [1.82, 2.24) is 9.80 Å². The quantitative estimate of drug-likeness (QED) is 0.598. The average Bonchev–Trinajstić information content (AvgIpc) is 3.42. The fraction of sp³-hybridized carbons (Fsp3) is 0.455. The number of hydrogen-bond donors (Lipinski definition) is 0. The van der Waals surface area contributed by atoms with E-state index in [9.17, 15) is 0 Å². The van der Waals surface area contributed by atoms with Gasteiger partial charge in [0.25, 0.3) is 0 Å². The van der Waals surface area contributed by atoms with Crippen LogP contribution in [0.1, 0.15) is 11.1 Å². The molecular formula is C22H26AlLiN2O4. The van der Waals surface area contributed by atoms with Gasteiger partial charge in [0.05, 0.1) is 0 Å². The van der Waals surface area contributed by atoms with Crippen LogP contribution in [-0.2, 0) is 28.2 Å². The van der Waals surface area contributed by atoms with Crippen molar-refractivity contribution in [3.05, 3.63) is 71.8 Å². The molecule has 0 radical (unpaired) electrons. The minimum atomic E-state index is -3.29. The Kier molecular flexibility index (Phi) is 6.14. The summed E-state index contributed by atoms with van der Waals surface area (Å²) in [6.07, 6.45) is 0.289. The van der Waals surface area contributed by atoms with Crippen molar-refractivity contribution in [1.29, 1.82) is 0 Å². The summed E-state index contributed by atoms with van der Waals surface area (Å²) in [6, 6.07) is 21.1. The summed E-state index contributed by atoms with van der Waals surface area (Å²) in [5.41, 5.74) is 2.64. The van der Waals surface area contributed by atoms with Crippen LogP contribution in [0.3, 0.4) is 0 Å². The number of rotatable bonds is 4. The van der Waals surface area contributed by atoms with Crippen molar-refractivity contribution in [2.45, 2.75) is 37.5 Å². The monoisotopic (exact) mass is 416 g/mol. The van der Waals surface area contributed by atoms with Gasteiger partial charge in [0.1, 0.15) is 0 Å². The molecule has 4 fully saturated rings. The van der Waals surface area contributed by atoms with Gasteiger partial charge >= 0.3 is 33.3 Å². The third-order valence-corrected chi connectivity index (χ3v) is 9.18. The SMILES string of the molecule is [Li+].c1ccc(CN2C[C@@H]3[O][Al-]4([O][C@H]3C2)[O][C@H]2CN(Cc3ccccc3)C[C@@H]2[O]4)cc1. The van der Waals surface area contributed by atoms with Gasteiger partial charge in [-0.25, -0.2) is 0 Å². The van der Waals surface area contributed by atoms with Gasteiger partial charge in [-0.05, 0) is 11.1 Å². The van der Waals surface area contributed by atoms with Crippen molar-refractivity contribution < 1.29 is 34.0 Å². The number of nitrogens with zero attached hydrogens (tertiary/aromatic N) is 2. The summed E-state index contributed by atoms with van der Waals surface area (Å²) in [5, 5.41) is 0. The molecular weight excluding hydrogens is 390 g/mol. The van der Waals surface area contributed by atoms with Gasteiger partial charge in [0.15, 0.2) is 0 Å². The van der Waals surface area contributed by atoms with E-state index in [1.54, 1.807) is 0 Å². The topological polar surface area (TPSA) is 43.4 Å². The summed E-state index contributed by atoms with van der Waals surface area (Å²) < 4.78 is 25.3.